The van der Waals surface area contributed by atoms with Gasteiger partial charge in [-0.3, -0.25) is 4.98 Å². The maximum atomic E-state index is 9.66. The van der Waals surface area contributed by atoms with E-state index < -0.39 is 5.60 Å². The number of nitrogens with two attached hydrogens (primary N) is 3. The molecule has 1 spiro atoms. The van der Waals surface area contributed by atoms with Gasteiger partial charge in [-0.1, -0.05) is 11.8 Å². The van der Waals surface area contributed by atoms with Crippen molar-refractivity contribution in [1.82, 2.24) is 9.97 Å². The normalized spacial score (nSPS) is 18.9. The van der Waals surface area contributed by atoms with Crippen LogP contribution in [0.1, 0.15) is 67.1 Å². The van der Waals surface area contributed by atoms with E-state index in [2.05, 4.69) is 4.98 Å². The zero-order valence-corrected chi connectivity index (χ0v) is 18.6. The van der Waals surface area contributed by atoms with Gasteiger partial charge in [-0.2, -0.15) is 0 Å². The molecule has 2 aromatic heterocycles. The van der Waals surface area contributed by atoms with Gasteiger partial charge in [0.25, 0.3) is 0 Å². The number of aliphatic hydroxyl groups is 1. The summed E-state index contributed by atoms with van der Waals surface area (Å²) >= 11 is 2.75. The number of hydrogen-bond acceptors (Lipinski definition) is 8. The summed E-state index contributed by atoms with van der Waals surface area (Å²) in [5.41, 5.74) is 23.3. The molecule has 3 aliphatic rings. The summed E-state index contributed by atoms with van der Waals surface area (Å²) in [7, 11) is 0. The van der Waals surface area contributed by atoms with Crippen LogP contribution in [0.4, 0.5) is 5.69 Å². The van der Waals surface area contributed by atoms with Crippen LogP contribution in [0.2, 0.25) is 0 Å². The first kappa shape index (κ1) is 20.5. The molecule has 8 heteroatoms. The van der Waals surface area contributed by atoms with Crippen molar-refractivity contribution in [3.8, 4) is 0 Å². The van der Waals surface area contributed by atoms with E-state index in [1.54, 1.807) is 20.0 Å². The molecule has 29 heavy (non-hydrogen) atoms. The van der Waals surface area contributed by atoms with E-state index >= 15 is 0 Å². The Labute approximate surface area is 180 Å². The van der Waals surface area contributed by atoms with Gasteiger partial charge in [-0.05, 0) is 69.9 Å². The summed E-state index contributed by atoms with van der Waals surface area (Å²) in [6.07, 6.45) is 11.8. The van der Waals surface area contributed by atoms with Gasteiger partial charge in [0.15, 0.2) is 0 Å². The van der Waals surface area contributed by atoms with Crippen molar-refractivity contribution in [3.05, 3.63) is 44.9 Å². The lowest BCUT2D eigenvalue weighted by Gasteiger charge is -2.12. The molecule has 7 N–H and O–H groups in total. The van der Waals surface area contributed by atoms with Crippen LogP contribution in [0.3, 0.4) is 0 Å². The topological polar surface area (TPSA) is 124 Å². The molecule has 0 amide bonds. The third-order valence-electron chi connectivity index (χ3n) is 5.97. The zero-order chi connectivity index (χ0) is 20.8. The fraction of sp³-hybridized carbons (Fsp3) is 0.524. The highest BCUT2D eigenvalue weighted by molar-refractivity contribution is 8.04. The minimum absolute atomic E-state index is 0.487. The summed E-state index contributed by atoms with van der Waals surface area (Å²) in [6.45, 7) is 3.39. The minimum atomic E-state index is -0.898. The number of aromatic nitrogens is 2. The van der Waals surface area contributed by atoms with E-state index in [4.69, 9.17) is 22.2 Å². The van der Waals surface area contributed by atoms with E-state index in [-0.39, 0.29) is 0 Å². The lowest BCUT2D eigenvalue weighted by atomic mass is 10.0. The van der Waals surface area contributed by atoms with Crippen LogP contribution >= 0.6 is 23.1 Å². The Balaban J connectivity index is 0.000000142. The van der Waals surface area contributed by atoms with Gasteiger partial charge in [0.2, 0.25) is 0 Å². The third-order valence-corrected chi connectivity index (χ3v) is 8.25. The fourth-order valence-corrected chi connectivity index (χ4v) is 5.95. The van der Waals surface area contributed by atoms with E-state index in [0.29, 0.717) is 15.5 Å². The Morgan fingerprint density at radius 3 is 2.62 bits per heavy atom. The van der Waals surface area contributed by atoms with Gasteiger partial charge >= 0.3 is 0 Å². The highest BCUT2D eigenvalue weighted by atomic mass is 32.2. The lowest BCUT2D eigenvalue weighted by Crippen LogP contribution is -2.14. The number of fused-ring (bicyclic) bond motifs is 3. The van der Waals surface area contributed by atoms with Gasteiger partial charge in [0.05, 0.1) is 21.1 Å². The molecule has 1 fully saturated rings. The zero-order valence-electron chi connectivity index (χ0n) is 17.0. The van der Waals surface area contributed by atoms with Crippen molar-refractivity contribution in [3.63, 3.8) is 0 Å². The smallest absolute Gasteiger partial charge is 0.125 e. The SMILES string of the molecule is CC(C)(O)c1ncc(S/C(N)=C/N)s1.Nc1c2c(nc3c1CCC31CC1)CCC2. The Kier molecular flexibility index (Phi) is 5.29. The van der Waals surface area contributed by atoms with Crippen molar-refractivity contribution in [2.75, 3.05) is 5.73 Å². The number of thiazole rings is 1. The number of thioether (sulfide) groups is 1. The van der Waals surface area contributed by atoms with Crippen molar-refractivity contribution < 1.29 is 5.11 Å². The van der Waals surface area contributed by atoms with Crippen LogP contribution in [0.5, 0.6) is 0 Å². The average Bonchev–Trinajstić information content (AvgIpc) is 3.03. The van der Waals surface area contributed by atoms with E-state index in [1.165, 1.54) is 83.9 Å². The molecule has 3 aliphatic carbocycles. The van der Waals surface area contributed by atoms with Crippen LogP contribution < -0.4 is 17.2 Å². The molecule has 5 rings (SSSR count). The molecular weight excluding hydrogens is 402 g/mol. The maximum absolute atomic E-state index is 9.66. The van der Waals surface area contributed by atoms with Crippen LogP contribution in [-0.2, 0) is 30.3 Å². The lowest BCUT2D eigenvalue weighted by molar-refractivity contribution is 0.0783. The number of rotatable bonds is 3. The van der Waals surface area contributed by atoms with Gasteiger partial charge in [-0.15, -0.1) is 11.3 Å². The second-order valence-corrected chi connectivity index (χ2v) is 11.0. The quantitative estimate of drug-likeness (QED) is 0.550. The first-order chi connectivity index (χ1) is 13.7. The molecule has 2 aromatic rings. The Morgan fingerprint density at radius 1 is 1.24 bits per heavy atom. The first-order valence-electron chi connectivity index (χ1n) is 10.1. The third kappa shape index (κ3) is 3.98. The van der Waals surface area contributed by atoms with Crippen LogP contribution in [0.15, 0.2) is 21.6 Å². The van der Waals surface area contributed by atoms with Gasteiger partial charge in [-0.25, -0.2) is 4.98 Å². The molecule has 2 heterocycles. The Hall–Kier alpha value is -1.77. The number of hydrogen-bond donors (Lipinski definition) is 4. The van der Waals surface area contributed by atoms with Gasteiger partial charge in [0.1, 0.15) is 10.6 Å². The van der Waals surface area contributed by atoms with Gasteiger partial charge < -0.3 is 22.3 Å². The molecule has 156 valence electrons. The van der Waals surface area contributed by atoms with Gasteiger partial charge in [0, 0.05) is 23.0 Å². The average molecular weight is 432 g/mol. The Bertz CT molecular complexity index is 957. The van der Waals surface area contributed by atoms with Crippen LogP contribution in [-0.4, -0.2) is 15.1 Å². The summed E-state index contributed by atoms with van der Waals surface area (Å²) in [4.78, 5) is 9.03. The molecule has 6 nitrogen and oxygen atoms in total. The molecule has 0 saturated heterocycles. The number of nitrogens with zero attached hydrogens (tertiary/aromatic N) is 2. The van der Waals surface area contributed by atoms with E-state index in [9.17, 15) is 5.11 Å². The predicted octanol–water partition coefficient (Wildman–Crippen LogP) is 3.31. The van der Waals surface area contributed by atoms with Crippen molar-refractivity contribution in [2.45, 2.75) is 74.0 Å². The van der Waals surface area contributed by atoms with E-state index in [0.717, 1.165) is 22.7 Å². The second-order valence-electron chi connectivity index (χ2n) is 8.63. The second kappa shape index (κ2) is 7.49. The number of nitrogen functional groups attached to an aromatic ring is 1. The Morgan fingerprint density at radius 2 is 2.00 bits per heavy atom. The summed E-state index contributed by atoms with van der Waals surface area (Å²) in [5, 5.41) is 10.9. The summed E-state index contributed by atoms with van der Waals surface area (Å²) in [6, 6.07) is 0. The monoisotopic (exact) mass is 431 g/mol. The number of aryl methyl sites for hydroxylation is 1. The highest BCUT2D eigenvalue weighted by Gasteiger charge is 2.51. The predicted molar refractivity (Wildman–Crippen MR) is 120 cm³/mol. The van der Waals surface area contributed by atoms with E-state index in [1.807, 2.05) is 0 Å². The van der Waals surface area contributed by atoms with Crippen LogP contribution in [0.25, 0.3) is 0 Å². The highest BCUT2D eigenvalue weighted by Crippen LogP contribution is 2.57. The summed E-state index contributed by atoms with van der Waals surface area (Å²) < 4.78 is 0.918. The molecule has 0 unspecified atom stereocenters. The molecule has 1 saturated carbocycles. The molecule has 0 aromatic carbocycles. The summed E-state index contributed by atoms with van der Waals surface area (Å²) in [5.74, 6) is 0. The molecule has 0 bridgehead atoms. The minimum Gasteiger partial charge on any atom is -0.403 e. The molecule has 0 aliphatic heterocycles. The number of anilines is 1. The largest absolute Gasteiger partial charge is 0.403 e. The maximum Gasteiger partial charge on any atom is 0.125 e. The first-order valence-corrected chi connectivity index (χ1v) is 11.7. The van der Waals surface area contributed by atoms with Crippen molar-refractivity contribution >= 4 is 28.8 Å². The number of pyridine rings is 1. The van der Waals surface area contributed by atoms with Crippen LogP contribution in [0, 0.1) is 0 Å². The fourth-order valence-electron chi connectivity index (χ4n) is 4.21. The molecule has 0 atom stereocenters. The molecular formula is C21H29N5OS2. The van der Waals surface area contributed by atoms with Crippen molar-refractivity contribution in [2.24, 2.45) is 11.5 Å². The standard InChI is InChI=1S/C13H16N2.C8H13N3OS2/c14-11-8-2-1-3-10(8)15-12-9(11)4-5-13(12)6-7-13;1-8(2,12)7-11-4-6(14-7)13-5(10)3-9/h1-7H2,(H2,14,15);3-4,12H,9-10H2,1-2H3/b;5-3+. The molecule has 0 radical (unpaired) electrons. The van der Waals surface area contributed by atoms with Crippen molar-refractivity contribution in [1.29, 1.82) is 0 Å².